The van der Waals surface area contributed by atoms with E-state index in [-0.39, 0.29) is 6.54 Å². The van der Waals surface area contributed by atoms with Gasteiger partial charge in [0, 0.05) is 12.4 Å². The minimum Gasteiger partial charge on any atom is -0.503 e. The molecule has 0 amide bonds. The van der Waals surface area contributed by atoms with Crippen LogP contribution in [0.15, 0.2) is 17.2 Å². The molecule has 1 aromatic rings. The van der Waals surface area contributed by atoms with Gasteiger partial charge >= 0.3 is 5.97 Å². The average Bonchev–Trinajstić information content (AvgIpc) is 2.69. The molecule has 6 nitrogen and oxygen atoms in total. The topological polar surface area (TPSA) is 99.8 Å². The highest BCUT2D eigenvalue weighted by molar-refractivity contribution is 5.87. The van der Waals surface area contributed by atoms with E-state index in [4.69, 9.17) is 5.11 Å². The summed E-state index contributed by atoms with van der Waals surface area (Å²) in [7, 11) is 0. The van der Waals surface area contributed by atoms with E-state index in [1.165, 1.54) is 4.57 Å². The highest BCUT2D eigenvalue weighted by atomic mass is 16.4. The lowest BCUT2D eigenvalue weighted by Crippen LogP contribution is -2.31. The molecule has 0 atom stereocenters. The lowest BCUT2D eigenvalue weighted by Gasteiger charge is -2.23. The third kappa shape index (κ3) is 2.38. The van der Waals surface area contributed by atoms with Gasteiger partial charge in [0.1, 0.15) is 5.56 Å². The first-order chi connectivity index (χ1) is 8.41. The second kappa shape index (κ2) is 4.45. The van der Waals surface area contributed by atoms with Crippen LogP contribution in [0, 0.1) is 0 Å². The van der Waals surface area contributed by atoms with Crippen LogP contribution in [0.2, 0.25) is 0 Å². The number of hydrogen-bond acceptors (Lipinski definition) is 4. The number of hydrogen-bond donors (Lipinski definition) is 3. The van der Waals surface area contributed by atoms with E-state index in [9.17, 15) is 19.8 Å². The summed E-state index contributed by atoms with van der Waals surface area (Å²) in [5, 5.41) is 28.5. The maximum atomic E-state index is 11.4. The number of rotatable bonds is 3. The third-order valence-electron chi connectivity index (χ3n) is 3.30. The molecule has 6 heteroatoms. The van der Waals surface area contributed by atoms with E-state index in [0.29, 0.717) is 12.8 Å². The molecule has 1 fully saturated rings. The van der Waals surface area contributed by atoms with Gasteiger partial charge < -0.3 is 19.9 Å². The second-order valence-electron chi connectivity index (χ2n) is 4.80. The Kier molecular flexibility index (Phi) is 3.13. The van der Waals surface area contributed by atoms with E-state index in [0.717, 1.165) is 25.2 Å². The monoisotopic (exact) mass is 253 g/mol. The van der Waals surface area contributed by atoms with Gasteiger partial charge in [-0.25, -0.2) is 4.79 Å². The van der Waals surface area contributed by atoms with Gasteiger partial charge in [0.25, 0.3) is 0 Å². The van der Waals surface area contributed by atoms with Gasteiger partial charge in [-0.3, -0.25) is 4.79 Å². The van der Waals surface area contributed by atoms with Gasteiger partial charge in [0.15, 0.2) is 5.75 Å². The lowest BCUT2D eigenvalue weighted by molar-refractivity contribution is 0.0294. The van der Waals surface area contributed by atoms with Crippen molar-refractivity contribution >= 4 is 5.97 Å². The van der Waals surface area contributed by atoms with Crippen LogP contribution in [-0.2, 0) is 6.54 Å². The van der Waals surface area contributed by atoms with Gasteiger partial charge in [0.2, 0.25) is 5.43 Å². The number of nitrogens with zero attached hydrogens (tertiary/aromatic N) is 1. The van der Waals surface area contributed by atoms with Crippen molar-refractivity contribution < 1.29 is 20.1 Å². The van der Waals surface area contributed by atoms with Crippen molar-refractivity contribution in [1.82, 2.24) is 4.57 Å². The number of carbonyl (C=O) groups is 1. The Morgan fingerprint density at radius 1 is 1.33 bits per heavy atom. The molecule has 1 saturated carbocycles. The molecule has 0 unspecified atom stereocenters. The quantitative estimate of drug-likeness (QED) is 0.730. The lowest BCUT2D eigenvalue weighted by atomic mass is 10.0. The van der Waals surface area contributed by atoms with Crippen molar-refractivity contribution in [2.75, 3.05) is 0 Å². The maximum absolute atomic E-state index is 11.4. The van der Waals surface area contributed by atoms with Gasteiger partial charge in [-0.05, 0) is 12.8 Å². The summed E-state index contributed by atoms with van der Waals surface area (Å²) in [5.74, 6) is -2.00. The third-order valence-corrected chi connectivity index (χ3v) is 3.30. The highest BCUT2D eigenvalue weighted by Crippen LogP contribution is 2.31. The Hall–Kier alpha value is -1.82. The Morgan fingerprint density at radius 3 is 2.50 bits per heavy atom. The van der Waals surface area contributed by atoms with Crippen LogP contribution in [-0.4, -0.2) is 31.5 Å². The standard InChI is InChI=1S/C12H15NO5/c14-9-6-13(5-8(10(9)15)11(16)17)7-12(18)3-1-2-4-12/h5-6,14,18H,1-4,7H2,(H,16,17). The molecule has 2 rings (SSSR count). The molecule has 98 valence electrons. The van der Waals surface area contributed by atoms with Crippen LogP contribution in [0.5, 0.6) is 5.75 Å². The molecule has 1 aliphatic rings. The molecule has 1 heterocycles. The summed E-state index contributed by atoms with van der Waals surface area (Å²) in [6.45, 7) is 0.182. The fraction of sp³-hybridized carbons (Fsp3) is 0.500. The van der Waals surface area contributed by atoms with Crippen molar-refractivity contribution in [3.63, 3.8) is 0 Å². The molecule has 0 aromatic carbocycles. The zero-order valence-electron chi connectivity index (χ0n) is 9.80. The van der Waals surface area contributed by atoms with Crippen LogP contribution in [0.25, 0.3) is 0 Å². The van der Waals surface area contributed by atoms with Crippen molar-refractivity contribution in [1.29, 1.82) is 0 Å². The largest absolute Gasteiger partial charge is 0.503 e. The van der Waals surface area contributed by atoms with Gasteiger partial charge in [-0.15, -0.1) is 0 Å². The molecule has 0 saturated heterocycles. The van der Waals surface area contributed by atoms with Crippen molar-refractivity contribution in [2.45, 2.75) is 37.8 Å². The first-order valence-corrected chi connectivity index (χ1v) is 5.80. The van der Waals surface area contributed by atoms with E-state index in [1.807, 2.05) is 0 Å². The van der Waals surface area contributed by atoms with Gasteiger partial charge in [0.05, 0.1) is 12.1 Å². The van der Waals surface area contributed by atoms with Crippen LogP contribution in [0.4, 0.5) is 0 Å². The number of aromatic nitrogens is 1. The van der Waals surface area contributed by atoms with E-state index < -0.39 is 28.3 Å². The minimum atomic E-state index is -1.39. The summed E-state index contributed by atoms with van der Waals surface area (Å²) in [5.41, 5.74) is -2.27. The Bertz CT molecular complexity index is 528. The first kappa shape index (κ1) is 12.6. The van der Waals surface area contributed by atoms with Gasteiger partial charge in [-0.1, -0.05) is 12.8 Å². The van der Waals surface area contributed by atoms with Gasteiger partial charge in [-0.2, -0.15) is 0 Å². The smallest absolute Gasteiger partial charge is 0.341 e. The van der Waals surface area contributed by atoms with Crippen LogP contribution in [0.3, 0.4) is 0 Å². The van der Waals surface area contributed by atoms with E-state index in [1.54, 1.807) is 0 Å². The Balaban J connectivity index is 2.34. The van der Waals surface area contributed by atoms with Crippen molar-refractivity contribution in [2.24, 2.45) is 0 Å². The van der Waals surface area contributed by atoms with Crippen LogP contribution < -0.4 is 5.43 Å². The molecule has 0 aliphatic heterocycles. The predicted octanol–water partition coefficient (Wildman–Crippen LogP) is 0.557. The van der Waals surface area contributed by atoms with Crippen LogP contribution in [0.1, 0.15) is 36.0 Å². The molecular formula is C12H15NO5. The Labute approximate surface area is 103 Å². The molecule has 18 heavy (non-hydrogen) atoms. The normalized spacial score (nSPS) is 17.8. The average molecular weight is 253 g/mol. The van der Waals surface area contributed by atoms with E-state index >= 15 is 0 Å². The van der Waals surface area contributed by atoms with Crippen molar-refractivity contribution in [3.8, 4) is 5.75 Å². The number of pyridine rings is 1. The summed E-state index contributed by atoms with van der Waals surface area (Å²) in [4.78, 5) is 22.2. The minimum absolute atomic E-state index is 0.182. The first-order valence-electron chi connectivity index (χ1n) is 5.80. The fourth-order valence-corrected chi connectivity index (χ4v) is 2.39. The summed E-state index contributed by atoms with van der Waals surface area (Å²) >= 11 is 0. The molecule has 0 spiro atoms. The summed E-state index contributed by atoms with van der Waals surface area (Å²) in [6.07, 6.45) is 5.44. The maximum Gasteiger partial charge on any atom is 0.341 e. The predicted molar refractivity (Wildman–Crippen MR) is 62.7 cm³/mol. The molecule has 0 bridgehead atoms. The fourth-order valence-electron chi connectivity index (χ4n) is 2.39. The summed E-state index contributed by atoms with van der Waals surface area (Å²) in [6, 6.07) is 0. The van der Waals surface area contributed by atoms with Crippen molar-refractivity contribution in [3.05, 3.63) is 28.2 Å². The zero-order valence-corrected chi connectivity index (χ0v) is 9.80. The SMILES string of the molecule is O=C(O)c1cn(CC2(O)CCCC2)cc(O)c1=O. The molecule has 0 radical (unpaired) electrons. The molecule has 1 aliphatic carbocycles. The van der Waals surface area contributed by atoms with Crippen LogP contribution >= 0.6 is 0 Å². The number of aromatic carboxylic acids is 1. The summed E-state index contributed by atoms with van der Waals surface area (Å²) < 4.78 is 1.37. The number of carboxylic acids is 1. The molecule has 3 N–H and O–H groups in total. The number of carboxylic acid groups (broad SMARTS) is 1. The number of aromatic hydroxyl groups is 1. The highest BCUT2D eigenvalue weighted by Gasteiger charge is 2.31. The molecular weight excluding hydrogens is 238 g/mol. The molecule has 1 aromatic heterocycles. The second-order valence-corrected chi connectivity index (χ2v) is 4.80. The number of aliphatic hydroxyl groups is 1. The Morgan fingerprint density at radius 2 is 1.94 bits per heavy atom. The zero-order chi connectivity index (χ0) is 13.3. The van der Waals surface area contributed by atoms with E-state index in [2.05, 4.69) is 0 Å².